The molecular weight excluding hydrogens is 466 g/mol. The van der Waals surface area contributed by atoms with Crippen molar-refractivity contribution in [1.82, 2.24) is 24.3 Å². The SMILES string of the molecule is CN(C)CCN(CCCc1nc2sccc2c(=O)n1Cc1ccccc1)Cc1ccc(Cl)nc1. The Hall–Kier alpha value is -2.58. The minimum Gasteiger partial charge on any atom is -0.308 e. The van der Waals surface area contributed by atoms with Crippen LogP contribution >= 0.6 is 22.9 Å². The maximum Gasteiger partial charge on any atom is 0.262 e. The lowest BCUT2D eigenvalue weighted by Crippen LogP contribution is -2.33. The highest BCUT2D eigenvalue weighted by Gasteiger charge is 2.14. The third kappa shape index (κ3) is 6.51. The summed E-state index contributed by atoms with van der Waals surface area (Å²) in [6.45, 7) is 4.17. The van der Waals surface area contributed by atoms with Crippen LogP contribution in [0.25, 0.3) is 10.2 Å². The zero-order valence-corrected chi connectivity index (χ0v) is 21.2. The second-order valence-corrected chi connectivity index (χ2v) is 10.00. The Morgan fingerprint density at radius 1 is 1.00 bits per heavy atom. The van der Waals surface area contributed by atoms with Gasteiger partial charge in [0.25, 0.3) is 5.56 Å². The molecule has 8 heteroatoms. The number of hydrogen-bond acceptors (Lipinski definition) is 6. The van der Waals surface area contributed by atoms with Crippen molar-refractivity contribution in [3.8, 4) is 0 Å². The van der Waals surface area contributed by atoms with Gasteiger partial charge in [0.2, 0.25) is 0 Å². The van der Waals surface area contributed by atoms with Crippen LogP contribution in [0.4, 0.5) is 0 Å². The van der Waals surface area contributed by atoms with E-state index in [9.17, 15) is 4.79 Å². The van der Waals surface area contributed by atoms with Crippen molar-refractivity contribution in [3.05, 3.63) is 92.6 Å². The molecule has 3 heterocycles. The van der Waals surface area contributed by atoms with Gasteiger partial charge >= 0.3 is 0 Å². The van der Waals surface area contributed by atoms with Crippen LogP contribution in [-0.2, 0) is 19.5 Å². The summed E-state index contributed by atoms with van der Waals surface area (Å²) in [5, 5.41) is 3.15. The molecule has 0 amide bonds. The molecule has 0 aliphatic heterocycles. The largest absolute Gasteiger partial charge is 0.308 e. The van der Waals surface area contributed by atoms with Gasteiger partial charge in [-0.15, -0.1) is 11.3 Å². The molecule has 0 saturated heterocycles. The lowest BCUT2D eigenvalue weighted by Gasteiger charge is -2.24. The number of aromatic nitrogens is 3. The molecule has 0 atom stereocenters. The highest BCUT2D eigenvalue weighted by Crippen LogP contribution is 2.17. The lowest BCUT2D eigenvalue weighted by atomic mass is 10.2. The zero-order chi connectivity index (χ0) is 23.9. The number of nitrogens with zero attached hydrogens (tertiary/aromatic N) is 5. The summed E-state index contributed by atoms with van der Waals surface area (Å²) < 4.78 is 1.84. The number of halogens is 1. The van der Waals surface area contributed by atoms with Crippen LogP contribution in [0.5, 0.6) is 0 Å². The molecule has 0 unspecified atom stereocenters. The van der Waals surface area contributed by atoms with Gasteiger partial charge in [-0.3, -0.25) is 14.3 Å². The van der Waals surface area contributed by atoms with E-state index in [0.29, 0.717) is 17.1 Å². The molecule has 0 N–H and O–H groups in total. The van der Waals surface area contributed by atoms with Crippen LogP contribution in [-0.4, -0.2) is 58.1 Å². The molecule has 1 aromatic carbocycles. The molecule has 6 nitrogen and oxygen atoms in total. The van der Waals surface area contributed by atoms with Gasteiger partial charge in [0.1, 0.15) is 15.8 Å². The molecule has 178 valence electrons. The summed E-state index contributed by atoms with van der Waals surface area (Å²) in [6, 6.07) is 15.9. The van der Waals surface area contributed by atoms with Crippen molar-refractivity contribution in [2.24, 2.45) is 0 Å². The Bertz CT molecular complexity index is 1250. The van der Waals surface area contributed by atoms with Crippen molar-refractivity contribution >= 4 is 33.2 Å². The van der Waals surface area contributed by atoms with Gasteiger partial charge in [0, 0.05) is 32.3 Å². The number of rotatable bonds is 11. The number of hydrogen-bond donors (Lipinski definition) is 0. The minimum absolute atomic E-state index is 0.0433. The van der Waals surface area contributed by atoms with E-state index in [1.54, 1.807) is 0 Å². The quantitative estimate of drug-likeness (QED) is 0.286. The minimum atomic E-state index is 0.0433. The molecule has 3 aromatic heterocycles. The van der Waals surface area contributed by atoms with Crippen molar-refractivity contribution in [2.45, 2.75) is 25.9 Å². The van der Waals surface area contributed by atoms with Crippen LogP contribution in [0.3, 0.4) is 0 Å². The average molecular weight is 496 g/mol. The summed E-state index contributed by atoms with van der Waals surface area (Å²) in [7, 11) is 4.18. The molecule has 0 aliphatic rings. The van der Waals surface area contributed by atoms with Gasteiger partial charge in [-0.25, -0.2) is 9.97 Å². The van der Waals surface area contributed by atoms with Crippen LogP contribution in [0.1, 0.15) is 23.4 Å². The smallest absolute Gasteiger partial charge is 0.262 e. The third-order valence-corrected chi connectivity index (χ3v) is 6.81. The first-order valence-corrected chi connectivity index (χ1v) is 12.7. The number of fused-ring (bicyclic) bond motifs is 1. The van der Waals surface area contributed by atoms with E-state index in [2.05, 4.69) is 41.0 Å². The maximum atomic E-state index is 13.3. The number of likely N-dealkylation sites (N-methyl/N-ethyl adjacent to an activating group) is 1. The van der Waals surface area contributed by atoms with Crippen molar-refractivity contribution in [1.29, 1.82) is 0 Å². The van der Waals surface area contributed by atoms with Crippen LogP contribution < -0.4 is 5.56 Å². The Morgan fingerprint density at radius 3 is 2.56 bits per heavy atom. The van der Waals surface area contributed by atoms with Crippen LogP contribution in [0.15, 0.2) is 64.9 Å². The van der Waals surface area contributed by atoms with Gasteiger partial charge in [-0.1, -0.05) is 48.0 Å². The van der Waals surface area contributed by atoms with E-state index in [-0.39, 0.29) is 5.56 Å². The molecule has 34 heavy (non-hydrogen) atoms. The van der Waals surface area contributed by atoms with Gasteiger partial charge in [0.15, 0.2) is 0 Å². The van der Waals surface area contributed by atoms with Gasteiger partial charge in [0.05, 0.1) is 11.9 Å². The van der Waals surface area contributed by atoms with Crippen molar-refractivity contribution < 1.29 is 0 Å². The first-order chi connectivity index (χ1) is 16.5. The van der Waals surface area contributed by atoms with Crippen molar-refractivity contribution in [2.75, 3.05) is 33.7 Å². The summed E-state index contributed by atoms with van der Waals surface area (Å²) in [4.78, 5) is 27.8. The molecule has 0 fully saturated rings. The predicted molar refractivity (Wildman–Crippen MR) is 141 cm³/mol. The topological polar surface area (TPSA) is 54.3 Å². The highest BCUT2D eigenvalue weighted by molar-refractivity contribution is 7.16. The van der Waals surface area contributed by atoms with Gasteiger partial charge < -0.3 is 4.90 Å². The first kappa shape index (κ1) is 24.5. The fourth-order valence-electron chi connectivity index (χ4n) is 3.94. The zero-order valence-electron chi connectivity index (χ0n) is 19.7. The fourth-order valence-corrected chi connectivity index (χ4v) is 4.83. The maximum absolute atomic E-state index is 13.3. The molecule has 0 spiro atoms. The number of benzene rings is 1. The number of thiophene rings is 1. The molecular formula is C26H30ClN5OS. The third-order valence-electron chi connectivity index (χ3n) is 5.78. The van der Waals surface area contributed by atoms with Gasteiger partial charge in [-0.2, -0.15) is 0 Å². The molecule has 4 rings (SSSR count). The Morgan fingerprint density at radius 2 is 1.82 bits per heavy atom. The summed E-state index contributed by atoms with van der Waals surface area (Å²) in [5.41, 5.74) is 2.29. The Balaban J connectivity index is 1.50. The van der Waals surface area contributed by atoms with E-state index in [4.69, 9.17) is 16.6 Å². The second-order valence-electron chi connectivity index (χ2n) is 8.72. The van der Waals surface area contributed by atoms with E-state index >= 15 is 0 Å². The highest BCUT2D eigenvalue weighted by atomic mass is 35.5. The van der Waals surface area contributed by atoms with E-state index < -0.39 is 0 Å². The monoisotopic (exact) mass is 495 g/mol. The number of aryl methyl sites for hydroxylation is 1. The Labute approximate surface area is 209 Å². The molecule has 0 aliphatic carbocycles. The average Bonchev–Trinajstić information content (AvgIpc) is 3.30. The second kappa shape index (κ2) is 11.7. The van der Waals surface area contributed by atoms with Gasteiger partial charge in [-0.05, 0) is 55.7 Å². The van der Waals surface area contributed by atoms with Crippen LogP contribution in [0.2, 0.25) is 5.15 Å². The van der Waals surface area contributed by atoms with E-state index in [0.717, 1.165) is 60.8 Å². The first-order valence-electron chi connectivity index (χ1n) is 11.5. The Kier molecular flexibility index (Phi) is 8.45. The summed E-state index contributed by atoms with van der Waals surface area (Å²) in [6.07, 6.45) is 3.49. The standard InChI is InChI=1S/C26H30ClN5OS/c1-30(2)14-15-31(18-21-10-11-23(27)28-17-21)13-6-9-24-29-25-22(12-16-34-25)26(33)32(24)19-20-7-4-3-5-8-20/h3-5,7-8,10-12,16-17H,6,9,13-15,18-19H2,1-2H3. The summed E-state index contributed by atoms with van der Waals surface area (Å²) in [5.74, 6) is 0.851. The predicted octanol–water partition coefficient (Wildman–Crippen LogP) is 4.55. The normalized spacial score (nSPS) is 11.7. The lowest BCUT2D eigenvalue weighted by molar-refractivity contribution is 0.230. The van der Waals surface area contributed by atoms with E-state index in [1.165, 1.54) is 11.3 Å². The van der Waals surface area contributed by atoms with Crippen LogP contribution in [0, 0.1) is 0 Å². The molecule has 4 aromatic rings. The fraction of sp³-hybridized carbons (Fsp3) is 0.346. The van der Waals surface area contributed by atoms with Crippen molar-refractivity contribution in [3.63, 3.8) is 0 Å². The molecule has 0 bridgehead atoms. The molecule has 0 saturated carbocycles. The number of pyridine rings is 1. The summed E-state index contributed by atoms with van der Waals surface area (Å²) >= 11 is 7.48. The van der Waals surface area contributed by atoms with E-state index in [1.807, 2.05) is 52.5 Å². The molecule has 0 radical (unpaired) electrons.